The van der Waals surface area contributed by atoms with Gasteiger partial charge in [0.25, 0.3) is 5.91 Å². The van der Waals surface area contributed by atoms with Crippen LogP contribution in [0.2, 0.25) is 0 Å². The molecule has 0 aliphatic carbocycles. The van der Waals surface area contributed by atoms with E-state index in [0.29, 0.717) is 22.7 Å². The third kappa shape index (κ3) is 5.65. The first-order chi connectivity index (χ1) is 16.0. The van der Waals surface area contributed by atoms with Gasteiger partial charge < -0.3 is 15.0 Å². The first kappa shape index (κ1) is 23.1. The molecule has 1 amide bonds. The molecule has 0 saturated heterocycles. The minimum absolute atomic E-state index is 0.154. The Hall–Kier alpha value is -3.07. The highest BCUT2D eigenvalue weighted by Gasteiger charge is 2.31. The maximum absolute atomic E-state index is 12.8. The molecule has 1 aliphatic rings. The molecule has 33 heavy (non-hydrogen) atoms. The largest absolute Gasteiger partial charge is 0.462 e. The number of ether oxygens (including phenoxy) is 1. The summed E-state index contributed by atoms with van der Waals surface area (Å²) in [6, 6.07) is 19.3. The van der Waals surface area contributed by atoms with E-state index in [4.69, 9.17) is 17.0 Å². The van der Waals surface area contributed by atoms with Crippen molar-refractivity contribution in [2.75, 3.05) is 18.5 Å². The molecule has 8 heteroatoms. The molecule has 170 valence electrons. The zero-order chi connectivity index (χ0) is 23.2. The van der Waals surface area contributed by atoms with E-state index in [0.717, 1.165) is 36.5 Å². The van der Waals surface area contributed by atoms with Crippen molar-refractivity contribution in [3.05, 3.63) is 87.8 Å². The molecule has 0 saturated carbocycles. The Kier molecular flexibility index (Phi) is 7.49. The molecule has 1 aliphatic heterocycles. The maximum Gasteiger partial charge on any atom is 0.341 e. The molecule has 1 unspecified atom stereocenters. The standard InChI is InChI=1S/C25H25N3O3S2/c1-2-31-24(30)21-19-13-14-28(15-17-9-5-3-6-10-17)16-20(19)33-23(21)27-25(32)26-22(29)18-11-7-4-8-12-18/h3-12H,2,13-16H2,1H3,(H2,26,27,29,32)/p+1. The van der Waals surface area contributed by atoms with Crippen LogP contribution in [0.5, 0.6) is 0 Å². The van der Waals surface area contributed by atoms with Crippen molar-refractivity contribution >= 4 is 45.5 Å². The topological polar surface area (TPSA) is 71.9 Å². The molecular formula is C25H26N3O3S2+. The van der Waals surface area contributed by atoms with Gasteiger partial charge in [-0.3, -0.25) is 10.1 Å². The zero-order valence-electron chi connectivity index (χ0n) is 18.4. The molecule has 3 N–H and O–H groups in total. The molecule has 0 fully saturated rings. The minimum atomic E-state index is -0.360. The lowest BCUT2D eigenvalue weighted by Gasteiger charge is -2.24. The number of rotatable bonds is 6. The van der Waals surface area contributed by atoms with Gasteiger partial charge in [-0.1, -0.05) is 48.5 Å². The quantitative estimate of drug-likeness (QED) is 0.373. The maximum atomic E-state index is 12.8. The van der Waals surface area contributed by atoms with Gasteiger partial charge in [0.15, 0.2) is 5.11 Å². The van der Waals surface area contributed by atoms with E-state index in [2.05, 4.69) is 34.9 Å². The van der Waals surface area contributed by atoms with Gasteiger partial charge in [-0.25, -0.2) is 4.79 Å². The number of nitrogens with one attached hydrogen (secondary N) is 3. The zero-order valence-corrected chi connectivity index (χ0v) is 20.0. The SMILES string of the molecule is CCOC(=O)c1c(NC(=S)NC(=O)c2ccccc2)sc2c1CC[NH+](Cc1ccccc1)C2. The Morgan fingerprint density at radius 1 is 1.09 bits per heavy atom. The van der Waals surface area contributed by atoms with Gasteiger partial charge in [-0.2, -0.15) is 0 Å². The van der Waals surface area contributed by atoms with Crippen LogP contribution in [-0.4, -0.2) is 30.1 Å². The number of fused-ring (bicyclic) bond motifs is 1. The van der Waals surface area contributed by atoms with Crippen LogP contribution < -0.4 is 15.5 Å². The summed E-state index contributed by atoms with van der Waals surface area (Å²) in [5.41, 5.74) is 3.36. The summed E-state index contributed by atoms with van der Waals surface area (Å²) in [6.07, 6.45) is 0.785. The highest BCUT2D eigenvalue weighted by Crippen LogP contribution is 2.35. The van der Waals surface area contributed by atoms with Gasteiger partial charge >= 0.3 is 5.97 Å². The van der Waals surface area contributed by atoms with Crippen molar-refractivity contribution in [1.82, 2.24) is 5.32 Å². The van der Waals surface area contributed by atoms with Crippen molar-refractivity contribution in [2.45, 2.75) is 26.4 Å². The molecule has 3 aromatic rings. The van der Waals surface area contributed by atoms with E-state index < -0.39 is 0 Å². The van der Waals surface area contributed by atoms with Gasteiger partial charge in [0, 0.05) is 17.5 Å². The summed E-state index contributed by atoms with van der Waals surface area (Å²) in [4.78, 5) is 27.8. The molecule has 1 atom stereocenters. The highest BCUT2D eigenvalue weighted by atomic mass is 32.1. The number of carbonyl (C=O) groups excluding carboxylic acids is 2. The Morgan fingerprint density at radius 3 is 2.48 bits per heavy atom. The number of thiophene rings is 1. The van der Waals surface area contributed by atoms with Crippen LogP contribution in [0, 0.1) is 0 Å². The third-order valence-electron chi connectivity index (χ3n) is 5.50. The van der Waals surface area contributed by atoms with Crippen LogP contribution in [0.4, 0.5) is 5.00 Å². The number of quaternary nitrogens is 1. The molecule has 6 nitrogen and oxygen atoms in total. The second kappa shape index (κ2) is 10.7. The number of esters is 1. The Balaban J connectivity index is 1.52. The van der Waals surface area contributed by atoms with E-state index in [1.807, 2.05) is 12.1 Å². The number of hydrogen-bond acceptors (Lipinski definition) is 5. The fraction of sp³-hybridized carbons (Fsp3) is 0.240. The average molecular weight is 481 g/mol. The van der Waals surface area contributed by atoms with Crippen LogP contribution in [0.25, 0.3) is 0 Å². The van der Waals surface area contributed by atoms with Crippen LogP contribution in [0.3, 0.4) is 0 Å². The number of amides is 1. The lowest BCUT2D eigenvalue weighted by molar-refractivity contribution is -0.929. The molecule has 0 spiro atoms. The fourth-order valence-corrected chi connectivity index (χ4v) is 5.55. The summed E-state index contributed by atoms with van der Waals surface area (Å²) in [5.74, 6) is -0.660. The van der Waals surface area contributed by atoms with E-state index in [1.54, 1.807) is 31.2 Å². The van der Waals surface area contributed by atoms with Gasteiger partial charge in [-0.15, -0.1) is 11.3 Å². The van der Waals surface area contributed by atoms with Gasteiger partial charge in [0.05, 0.1) is 23.6 Å². The van der Waals surface area contributed by atoms with Crippen molar-refractivity contribution in [3.8, 4) is 0 Å². The average Bonchev–Trinajstić information content (AvgIpc) is 3.17. The van der Waals surface area contributed by atoms with E-state index >= 15 is 0 Å². The lowest BCUT2D eigenvalue weighted by Crippen LogP contribution is -3.10. The monoisotopic (exact) mass is 480 g/mol. The number of carbonyl (C=O) groups is 2. The van der Waals surface area contributed by atoms with Crippen LogP contribution in [0.1, 0.15) is 43.6 Å². The summed E-state index contributed by atoms with van der Waals surface area (Å²) >= 11 is 6.89. The summed E-state index contributed by atoms with van der Waals surface area (Å²) in [5, 5.41) is 6.55. The second-order valence-electron chi connectivity index (χ2n) is 7.79. The first-order valence-corrected chi connectivity index (χ1v) is 12.1. The number of anilines is 1. The third-order valence-corrected chi connectivity index (χ3v) is 6.85. The number of benzene rings is 2. The predicted molar refractivity (Wildman–Crippen MR) is 134 cm³/mol. The predicted octanol–water partition coefficient (Wildman–Crippen LogP) is 3.19. The molecule has 2 aromatic carbocycles. The van der Waals surface area contributed by atoms with E-state index in [1.165, 1.54) is 21.8 Å². The molecule has 2 heterocycles. The van der Waals surface area contributed by atoms with E-state index in [-0.39, 0.29) is 17.0 Å². The van der Waals surface area contributed by atoms with Crippen LogP contribution in [-0.2, 0) is 24.2 Å². The Morgan fingerprint density at radius 2 is 1.79 bits per heavy atom. The Labute approximate surface area is 202 Å². The first-order valence-electron chi connectivity index (χ1n) is 10.9. The summed E-state index contributed by atoms with van der Waals surface area (Å²) in [6.45, 7) is 4.77. The fourth-order valence-electron chi connectivity index (χ4n) is 3.98. The smallest absolute Gasteiger partial charge is 0.341 e. The van der Waals surface area contributed by atoms with Crippen molar-refractivity contribution in [2.24, 2.45) is 0 Å². The molecule has 0 bridgehead atoms. The van der Waals surface area contributed by atoms with Gasteiger partial charge in [-0.05, 0) is 36.8 Å². The van der Waals surface area contributed by atoms with Gasteiger partial charge in [0.1, 0.15) is 18.1 Å². The highest BCUT2D eigenvalue weighted by molar-refractivity contribution is 7.80. The van der Waals surface area contributed by atoms with Crippen molar-refractivity contribution in [1.29, 1.82) is 0 Å². The molecule has 1 aromatic heterocycles. The van der Waals surface area contributed by atoms with Crippen LogP contribution in [0.15, 0.2) is 60.7 Å². The number of thiocarbonyl (C=S) groups is 1. The summed E-state index contributed by atoms with van der Waals surface area (Å²) < 4.78 is 5.34. The van der Waals surface area contributed by atoms with Crippen molar-refractivity contribution < 1.29 is 19.2 Å². The number of hydrogen-bond donors (Lipinski definition) is 3. The molecule has 4 rings (SSSR count). The van der Waals surface area contributed by atoms with Gasteiger partial charge in [0.2, 0.25) is 0 Å². The van der Waals surface area contributed by atoms with E-state index in [9.17, 15) is 9.59 Å². The Bertz CT molecular complexity index is 1150. The normalized spacial score (nSPS) is 14.8. The lowest BCUT2D eigenvalue weighted by atomic mass is 10.0. The summed E-state index contributed by atoms with van der Waals surface area (Å²) in [7, 11) is 0. The molecule has 0 radical (unpaired) electrons. The minimum Gasteiger partial charge on any atom is -0.462 e. The second-order valence-corrected chi connectivity index (χ2v) is 9.31. The van der Waals surface area contributed by atoms with Crippen LogP contribution >= 0.6 is 23.6 Å². The molecular weight excluding hydrogens is 454 g/mol. The van der Waals surface area contributed by atoms with Crippen molar-refractivity contribution in [3.63, 3.8) is 0 Å².